The summed E-state index contributed by atoms with van der Waals surface area (Å²) in [5.74, 6) is -0.597. The minimum atomic E-state index is -0.597. The van der Waals surface area contributed by atoms with E-state index in [1.54, 1.807) is 0 Å². The van der Waals surface area contributed by atoms with E-state index in [2.05, 4.69) is 44.1 Å². The first-order valence-electron chi connectivity index (χ1n) is 25.1. The van der Waals surface area contributed by atoms with Gasteiger partial charge in [0, 0.05) is 6.42 Å². The molecule has 0 saturated heterocycles. The Balaban J connectivity index is 0.000000859. The lowest BCUT2D eigenvalue weighted by atomic mass is 10.0. The summed E-state index contributed by atoms with van der Waals surface area (Å²) in [5.41, 5.74) is 11.8. The summed E-state index contributed by atoms with van der Waals surface area (Å²) in [4.78, 5) is 26.8. The smallest absolute Gasteiger partial charge is 0.196 e. The van der Waals surface area contributed by atoms with E-state index in [0.717, 1.165) is 23.3 Å². The molecule has 8 heteroatoms. The van der Waals surface area contributed by atoms with Gasteiger partial charge in [-0.25, -0.2) is 4.98 Å². The topological polar surface area (TPSA) is 99.1 Å². The Labute approximate surface area is 380 Å². The molecule has 5 nitrogen and oxygen atoms in total. The lowest BCUT2D eigenvalue weighted by Gasteiger charge is -2.06. The van der Waals surface area contributed by atoms with Crippen molar-refractivity contribution in [3.8, 4) is 0 Å². The summed E-state index contributed by atoms with van der Waals surface area (Å²) in [7, 11) is 0. The number of hydrogen-bond donors (Lipinski definition) is 4. The second-order valence-corrected chi connectivity index (χ2v) is 19.1. The number of benzene rings is 1. The van der Waals surface area contributed by atoms with Crippen molar-refractivity contribution in [1.29, 1.82) is 0 Å². The highest BCUT2D eigenvalue weighted by molar-refractivity contribution is 7.97. The van der Waals surface area contributed by atoms with Gasteiger partial charge in [0.25, 0.3) is 0 Å². The van der Waals surface area contributed by atoms with E-state index in [1.807, 2.05) is 24.3 Å². The number of nitrogens with two attached hydrogens (primary N) is 2. The number of nitrogens with zero attached hydrogens (tertiary/aromatic N) is 1. The van der Waals surface area contributed by atoms with E-state index >= 15 is 0 Å². The number of thiol groups is 2. The van der Waals surface area contributed by atoms with Crippen molar-refractivity contribution in [2.45, 2.75) is 257 Å². The van der Waals surface area contributed by atoms with Gasteiger partial charge in [0.05, 0.1) is 16.1 Å². The molecule has 0 aliphatic heterocycles. The Morgan fingerprint density at radius 3 is 1.03 bits per heavy atom. The molecular formula is C51H95N3O2S3. The molecule has 59 heavy (non-hydrogen) atoms. The molecule has 0 spiro atoms. The van der Waals surface area contributed by atoms with Gasteiger partial charge in [-0.2, -0.15) is 0 Å². The number of aromatic nitrogens is 1. The van der Waals surface area contributed by atoms with Crippen LogP contribution in [0.4, 0.5) is 0 Å². The summed E-state index contributed by atoms with van der Waals surface area (Å²) >= 11 is 8.91. The minimum absolute atomic E-state index is 0.0330. The Morgan fingerprint density at radius 2 is 0.780 bits per heavy atom. The number of carbonyl (C=O) groups is 2. The monoisotopic (exact) mass is 878 g/mol. The van der Waals surface area contributed by atoms with Crippen molar-refractivity contribution in [3.05, 3.63) is 29.3 Å². The van der Waals surface area contributed by atoms with Crippen LogP contribution >= 0.6 is 36.6 Å². The summed E-state index contributed by atoms with van der Waals surface area (Å²) < 4.78 is 0.994. The predicted octanol–water partition coefficient (Wildman–Crippen LogP) is 16.7. The Kier molecular flexibility index (Phi) is 45.8. The largest absolute Gasteiger partial charge is 0.330 e. The van der Waals surface area contributed by atoms with Crippen molar-refractivity contribution in [3.63, 3.8) is 0 Å². The van der Waals surface area contributed by atoms with E-state index in [9.17, 15) is 9.59 Å². The Bertz CT molecular complexity index is 1070. The molecule has 0 aliphatic carbocycles. The van der Waals surface area contributed by atoms with Crippen LogP contribution in [-0.4, -0.2) is 28.3 Å². The molecule has 0 saturated carbocycles. The molecule has 1 heterocycles. The summed E-state index contributed by atoms with van der Waals surface area (Å²) in [5, 5.41) is -0.0725. The standard InChI is InChI=1S/2C20H43N.C11H9NO2S3/c2*1-2-3-4-5-6-7-8-9-10-11-12-13-14-15-16-17-18-19-20-21;13-9(15)5-6(11(14)16)10-12-7-3-1-2-4-8(7)17-10/h2*2-21H2,1H3;1-4,6H,5H2,(H,13,15)(H,14,16). The maximum Gasteiger partial charge on any atom is 0.196 e. The van der Waals surface area contributed by atoms with Crippen molar-refractivity contribution in [2.24, 2.45) is 11.5 Å². The van der Waals surface area contributed by atoms with Gasteiger partial charge in [-0.15, -0.1) is 36.6 Å². The molecule has 0 fully saturated rings. The van der Waals surface area contributed by atoms with Gasteiger partial charge < -0.3 is 11.5 Å². The lowest BCUT2D eigenvalue weighted by Crippen LogP contribution is -2.09. The third-order valence-corrected chi connectivity index (χ3v) is 13.0. The average Bonchev–Trinajstić information content (AvgIpc) is 3.67. The highest BCUT2D eigenvalue weighted by atomic mass is 32.1. The van der Waals surface area contributed by atoms with Crippen LogP contribution < -0.4 is 11.5 Å². The van der Waals surface area contributed by atoms with E-state index in [4.69, 9.17) is 11.5 Å². The first kappa shape index (κ1) is 58.1. The van der Waals surface area contributed by atoms with Gasteiger partial charge in [-0.05, 0) is 38.1 Å². The van der Waals surface area contributed by atoms with Crippen LogP contribution in [0, 0.1) is 0 Å². The van der Waals surface area contributed by atoms with Crippen molar-refractivity contribution in [1.82, 2.24) is 4.98 Å². The third-order valence-electron chi connectivity index (χ3n) is 11.4. The molecule has 0 amide bonds. The highest BCUT2D eigenvalue weighted by Gasteiger charge is 2.23. The second-order valence-electron chi connectivity index (χ2n) is 17.1. The quantitative estimate of drug-likeness (QED) is 0.0395. The van der Waals surface area contributed by atoms with Crippen LogP contribution in [0.25, 0.3) is 10.2 Å². The van der Waals surface area contributed by atoms with Gasteiger partial charge in [-0.3, -0.25) is 9.59 Å². The SMILES string of the molecule is CCCCCCCCCCCCCCCCCCCCN.CCCCCCCCCCCCCCCCCCCCN.O=C(S)CC(C(=O)S)c1nc2ccccc2s1. The molecule has 2 aromatic rings. The zero-order chi connectivity index (χ0) is 43.3. The maximum absolute atomic E-state index is 11.4. The van der Waals surface area contributed by atoms with E-state index in [1.165, 1.54) is 242 Å². The van der Waals surface area contributed by atoms with Crippen LogP contribution in [0.5, 0.6) is 0 Å². The fourth-order valence-electron chi connectivity index (χ4n) is 7.59. The van der Waals surface area contributed by atoms with Crippen molar-refractivity contribution < 1.29 is 9.59 Å². The summed E-state index contributed by atoms with van der Waals surface area (Å²) in [6, 6.07) is 7.59. The number of hydrogen-bond acceptors (Lipinski definition) is 6. The molecule has 1 atom stereocenters. The van der Waals surface area contributed by atoms with Crippen LogP contribution in [-0.2, 0) is 9.59 Å². The average molecular weight is 879 g/mol. The fraction of sp³-hybridized carbons (Fsp3) is 0.824. The number of thiazole rings is 1. The molecule has 344 valence electrons. The molecule has 1 unspecified atom stereocenters. The molecule has 1 aromatic heterocycles. The Hall–Kier alpha value is -0.930. The van der Waals surface area contributed by atoms with Crippen molar-refractivity contribution >= 4 is 57.0 Å². The van der Waals surface area contributed by atoms with Crippen LogP contribution in [0.15, 0.2) is 24.3 Å². The first-order valence-corrected chi connectivity index (χ1v) is 26.8. The van der Waals surface area contributed by atoms with Crippen molar-refractivity contribution in [2.75, 3.05) is 13.1 Å². The maximum atomic E-state index is 11.4. The zero-order valence-corrected chi connectivity index (χ0v) is 41.3. The van der Waals surface area contributed by atoms with E-state index < -0.39 is 5.92 Å². The van der Waals surface area contributed by atoms with Gasteiger partial charge >= 0.3 is 0 Å². The number of unbranched alkanes of at least 4 members (excludes halogenated alkanes) is 34. The zero-order valence-electron chi connectivity index (χ0n) is 38.7. The van der Waals surface area contributed by atoms with Gasteiger partial charge in [0.2, 0.25) is 0 Å². The number of fused-ring (bicyclic) bond motifs is 1. The normalized spacial score (nSPS) is 11.6. The van der Waals surface area contributed by atoms with Crippen LogP contribution in [0.1, 0.15) is 262 Å². The van der Waals surface area contributed by atoms with Gasteiger partial charge in [0.1, 0.15) is 5.01 Å². The van der Waals surface area contributed by atoms with Crippen LogP contribution in [0.3, 0.4) is 0 Å². The second kappa shape index (κ2) is 46.6. The third kappa shape index (κ3) is 39.6. The van der Waals surface area contributed by atoms with E-state index in [0.29, 0.717) is 5.01 Å². The van der Waals surface area contributed by atoms with E-state index in [-0.39, 0.29) is 16.7 Å². The molecule has 1 aromatic carbocycles. The van der Waals surface area contributed by atoms with Gasteiger partial charge in [0.15, 0.2) is 10.2 Å². The summed E-state index contributed by atoms with van der Waals surface area (Å²) in [6.07, 6.45) is 51.7. The molecule has 4 N–H and O–H groups in total. The minimum Gasteiger partial charge on any atom is -0.330 e. The lowest BCUT2D eigenvalue weighted by molar-refractivity contribution is -0.116. The molecular weight excluding hydrogens is 783 g/mol. The number of carbonyl (C=O) groups excluding carboxylic acids is 2. The first-order chi connectivity index (χ1) is 28.9. The molecule has 0 bridgehead atoms. The molecule has 0 aliphatic rings. The number of rotatable bonds is 40. The number of para-hydroxylation sites is 1. The highest BCUT2D eigenvalue weighted by Crippen LogP contribution is 2.31. The predicted molar refractivity (Wildman–Crippen MR) is 271 cm³/mol. The Morgan fingerprint density at radius 1 is 0.492 bits per heavy atom. The molecule has 2 rings (SSSR count). The van der Waals surface area contributed by atoms with Gasteiger partial charge in [-0.1, -0.05) is 244 Å². The van der Waals surface area contributed by atoms with Crippen LogP contribution in [0.2, 0.25) is 0 Å². The fourth-order valence-corrected chi connectivity index (χ4v) is 9.14. The summed E-state index contributed by atoms with van der Waals surface area (Å²) in [6.45, 7) is 6.33. The molecule has 0 radical (unpaired) electrons.